The van der Waals surface area contributed by atoms with Crippen LogP contribution in [-0.4, -0.2) is 5.78 Å². The number of hydrogen-bond acceptors (Lipinski definition) is 3. The van der Waals surface area contributed by atoms with Gasteiger partial charge in [0.2, 0.25) is 0 Å². The van der Waals surface area contributed by atoms with E-state index in [2.05, 4.69) is 31.9 Å². The van der Waals surface area contributed by atoms with E-state index in [1.807, 2.05) is 135 Å². The minimum absolute atomic E-state index is 0.137. The summed E-state index contributed by atoms with van der Waals surface area (Å²) in [5.41, 5.74) is 7.40. The lowest BCUT2D eigenvalue weighted by atomic mass is 9.85. The van der Waals surface area contributed by atoms with E-state index in [9.17, 15) is 9.90 Å². The first-order valence-corrected chi connectivity index (χ1v) is 17.0. The highest BCUT2D eigenvalue weighted by Gasteiger charge is 2.28. The first-order valence-electron chi connectivity index (χ1n) is 15.4. The number of carbonyl (C=O) groups is 1. The highest BCUT2D eigenvalue weighted by molar-refractivity contribution is 9.10. The summed E-state index contributed by atoms with van der Waals surface area (Å²) in [5, 5.41) is 13.6. The molecule has 0 saturated carbocycles. The van der Waals surface area contributed by atoms with Crippen molar-refractivity contribution in [3.05, 3.63) is 187 Å². The molecular weight excluding hydrogens is 728 g/mol. The molecule has 234 valence electrons. The van der Waals surface area contributed by atoms with Gasteiger partial charge in [0.05, 0.1) is 23.3 Å². The molecule has 1 aliphatic carbocycles. The molecule has 2 heterocycles. The molecule has 0 unspecified atom stereocenters. The lowest BCUT2D eigenvalue weighted by Gasteiger charge is -2.29. The molecule has 0 N–H and O–H groups in total. The zero-order valence-electron chi connectivity index (χ0n) is 26.1. The first kappa shape index (κ1) is 31.6. The fourth-order valence-corrected chi connectivity index (χ4v) is 6.25. The average Bonchev–Trinajstić information content (AvgIpc) is 3.10. The molecule has 1 aromatic heterocycles. The third-order valence-corrected chi connectivity index (χ3v) is 9.37. The summed E-state index contributed by atoms with van der Waals surface area (Å²) in [4.78, 5) is 13.6. The van der Waals surface area contributed by atoms with E-state index >= 15 is 0 Å². The van der Waals surface area contributed by atoms with E-state index < -0.39 is 0 Å². The molecule has 5 aromatic rings. The number of halogens is 2. The van der Waals surface area contributed by atoms with Crippen LogP contribution in [0.1, 0.15) is 27.8 Å². The lowest BCUT2D eigenvalue weighted by molar-refractivity contribution is -0.300. The SMILES string of the molecule is Cc1ccccc1C1=CC(=CC2=C([O-])C(=Cc3cc(-c4ccc(Br)cc4)[o+]c(-c4ccccc4C)c3)C2=O)C=C(c2ccc(Br)cc2)O1. The lowest BCUT2D eigenvalue weighted by Crippen LogP contribution is -2.29. The zero-order chi connectivity index (χ0) is 33.4. The number of Topliss-reactive ketones (excluding diaryl/α,β-unsaturated/α-hetero) is 1. The summed E-state index contributed by atoms with van der Waals surface area (Å²) in [6.07, 6.45) is 7.05. The van der Waals surface area contributed by atoms with Crippen molar-refractivity contribution < 1.29 is 19.1 Å². The average molecular weight is 756 g/mol. The van der Waals surface area contributed by atoms with E-state index in [4.69, 9.17) is 9.15 Å². The standard InChI is InChI=1S/C42H28Br2O4/c1-25-7-3-5-9-33(25)39-23-27(21-37(47-39)29-11-15-31(43)16-12-29)19-35-41(45)36(42(35)46)20-28-22-38(30-13-17-32(44)18-14-30)48-40(24-28)34-10-6-4-8-26(34)2/h3-24H,1-2H3. The molecule has 0 saturated heterocycles. The number of aryl methyl sites for hydroxylation is 2. The minimum atomic E-state index is -0.299. The number of ketones is 1. The predicted octanol–water partition coefficient (Wildman–Crippen LogP) is 10.7. The third kappa shape index (κ3) is 6.42. The maximum absolute atomic E-state index is 13.6. The maximum atomic E-state index is 13.6. The molecule has 7 rings (SSSR count). The Morgan fingerprint density at radius 2 is 1.23 bits per heavy atom. The smallest absolute Gasteiger partial charge is 0.361 e. The van der Waals surface area contributed by atoms with Crippen LogP contribution in [0.4, 0.5) is 0 Å². The maximum Gasteiger partial charge on any atom is 0.361 e. The van der Waals surface area contributed by atoms with Crippen molar-refractivity contribution in [2.24, 2.45) is 0 Å². The van der Waals surface area contributed by atoms with Gasteiger partial charge in [0.1, 0.15) is 11.5 Å². The molecule has 0 amide bonds. The topological polar surface area (TPSA) is 60.7 Å². The second-order valence-electron chi connectivity index (χ2n) is 11.7. The van der Waals surface area contributed by atoms with Crippen LogP contribution in [0.25, 0.3) is 40.2 Å². The Hall–Kier alpha value is -5.04. The molecule has 0 atom stereocenters. The molecule has 0 spiro atoms. The Balaban J connectivity index is 1.29. The number of carbonyl (C=O) groups excluding carboxylic acids is 1. The summed E-state index contributed by atoms with van der Waals surface area (Å²) in [6.45, 7) is 4.05. The van der Waals surface area contributed by atoms with E-state index in [-0.39, 0.29) is 22.7 Å². The quantitative estimate of drug-likeness (QED) is 0.128. The molecule has 2 aliphatic rings. The first-order chi connectivity index (χ1) is 23.2. The number of ether oxygens (including phenoxy) is 1. The van der Waals surface area contributed by atoms with E-state index in [1.165, 1.54) is 0 Å². The van der Waals surface area contributed by atoms with Gasteiger partial charge in [0, 0.05) is 31.2 Å². The molecule has 0 fully saturated rings. The van der Waals surface area contributed by atoms with Crippen molar-refractivity contribution in [3.8, 4) is 22.6 Å². The summed E-state index contributed by atoms with van der Waals surface area (Å²) < 4.78 is 14.7. The zero-order valence-corrected chi connectivity index (χ0v) is 29.3. The van der Waals surface area contributed by atoms with Crippen molar-refractivity contribution in [2.75, 3.05) is 0 Å². The molecule has 6 heteroatoms. The highest BCUT2D eigenvalue weighted by Crippen LogP contribution is 2.38. The molecular formula is C42H28Br2O4. The summed E-state index contributed by atoms with van der Waals surface area (Å²) >= 11 is 6.99. The molecule has 4 nitrogen and oxygen atoms in total. The fourth-order valence-electron chi connectivity index (χ4n) is 5.72. The van der Waals surface area contributed by atoms with Crippen LogP contribution in [0, 0.1) is 13.8 Å². The van der Waals surface area contributed by atoms with Crippen molar-refractivity contribution in [1.29, 1.82) is 0 Å². The van der Waals surface area contributed by atoms with Crippen LogP contribution in [0.3, 0.4) is 0 Å². The summed E-state index contributed by atoms with van der Waals surface area (Å²) in [6, 6.07) is 35.3. The Morgan fingerprint density at radius 1 is 0.667 bits per heavy atom. The van der Waals surface area contributed by atoms with Gasteiger partial charge in [-0.1, -0.05) is 92.2 Å². The van der Waals surface area contributed by atoms with Crippen molar-refractivity contribution in [2.45, 2.75) is 13.8 Å². The molecule has 1 aliphatic heterocycles. The van der Waals surface area contributed by atoms with Crippen LogP contribution >= 0.6 is 31.9 Å². The Morgan fingerprint density at radius 3 is 1.85 bits per heavy atom. The fraction of sp³-hybridized carbons (Fsp3) is 0.0476. The van der Waals surface area contributed by atoms with Crippen LogP contribution in [0.15, 0.2) is 163 Å². The monoisotopic (exact) mass is 754 g/mol. The van der Waals surface area contributed by atoms with Gasteiger partial charge < -0.3 is 9.84 Å². The van der Waals surface area contributed by atoms with Crippen LogP contribution in [-0.2, 0) is 9.53 Å². The van der Waals surface area contributed by atoms with Gasteiger partial charge in [0.25, 0.3) is 0 Å². The van der Waals surface area contributed by atoms with Gasteiger partial charge >= 0.3 is 11.5 Å². The number of rotatable bonds is 6. The Kier molecular flexibility index (Phi) is 8.69. The predicted molar refractivity (Wildman–Crippen MR) is 197 cm³/mol. The highest BCUT2D eigenvalue weighted by atomic mass is 79.9. The summed E-state index contributed by atoms with van der Waals surface area (Å²) in [5.74, 6) is 1.95. The molecule has 4 aromatic carbocycles. The van der Waals surface area contributed by atoms with Gasteiger partial charge in [-0.3, -0.25) is 4.79 Å². The van der Waals surface area contributed by atoms with Gasteiger partial charge in [0.15, 0.2) is 5.78 Å². The number of allylic oxidation sites excluding steroid dienone is 6. The van der Waals surface area contributed by atoms with Crippen LogP contribution in [0.5, 0.6) is 0 Å². The van der Waals surface area contributed by atoms with Gasteiger partial charge in [-0.05, 0) is 103 Å². The Labute approximate surface area is 296 Å². The van der Waals surface area contributed by atoms with Gasteiger partial charge in [-0.15, -0.1) is 0 Å². The molecule has 0 bridgehead atoms. The third-order valence-electron chi connectivity index (χ3n) is 8.31. The van der Waals surface area contributed by atoms with E-state index in [0.717, 1.165) is 42.3 Å². The molecule has 0 radical (unpaired) electrons. The van der Waals surface area contributed by atoms with Crippen molar-refractivity contribution in [1.82, 2.24) is 0 Å². The van der Waals surface area contributed by atoms with Gasteiger partial charge in [-0.25, -0.2) is 4.42 Å². The van der Waals surface area contributed by atoms with Crippen molar-refractivity contribution in [3.63, 3.8) is 0 Å². The number of benzene rings is 4. The van der Waals surface area contributed by atoms with E-state index in [0.29, 0.717) is 34.2 Å². The Bertz CT molecular complexity index is 2250. The van der Waals surface area contributed by atoms with Crippen LogP contribution < -0.4 is 5.11 Å². The second-order valence-corrected chi connectivity index (χ2v) is 13.5. The number of hydrogen-bond donors (Lipinski definition) is 0. The largest absolute Gasteiger partial charge is 0.871 e. The minimum Gasteiger partial charge on any atom is -0.871 e. The van der Waals surface area contributed by atoms with Crippen molar-refractivity contribution >= 4 is 55.2 Å². The van der Waals surface area contributed by atoms with Crippen LogP contribution in [0.2, 0.25) is 0 Å². The van der Waals surface area contributed by atoms with E-state index in [1.54, 1.807) is 12.2 Å². The normalized spacial score (nSPS) is 16.0. The van der Waals surface area contributed by atoms with Gasteiger partial charge in [-0.2, -0.15) is 0 Å². The second kappa shape index (κ2) is 13.2. The summed E-state index contributed by atoms with van der Waals surface area (Å²) in [7, 11) is 0. The molecule has 48 heavy (non-hydrogen) atoms.